The van der Waals surface area contributed by atoms with Crippen molar-refractivity contribution in [1.82, 2.24) is 0 Å². The van der Waals surface area contributed by atoms with Crippen molar-refractivity contribution in [2.75, 3.05) is 6.61 Å². The normalized spacial score (nSPS) is 10.6. The van der Waals surface area contributed by atoms with Gasteiger partial charge in [-0.05, 0) is 31.2 Å². The molecule has 0 fully saturated rings. The van der Waals surface area contributed by atoms with Gasteiger partial charge < -0.3 is 9.15 Å². The van der Waals surface area contributed by atoms with Gasteiger partial charge in [0.25, 0.3) is 0 Å². The molecule has 0 aliphatic carbocycles. The lowest BCUT2D eigenvalue weighted by Gasteiger charge is -1.99. The molecule has 0 N–H and O–H groups in total. The van der Waals surface area contributed by atoms with Crippen LogP contribution in [0.4, 0.5) is 0 Å². The number of rotatable bonds is 5. The lowest BCUT2D eigenvalue weighted by Crippen LogP contribution is -2.07. The number of furan rings is 1. The van der Waals surface area contributed by atoms with E-state index in [1.54, 1.807) is 12.3 Å². The summed E-state index contributed by atoms with van der Waals surface area (Å²) in [6.07, 6.45) is 1.59. The van der Waals surface area contributed by atoms with Crippen LogP contribution in [0.25, 0.3) is 0 Å². The summed E-state index contributed by atoms with van der Waals surface area (Å²) in [7, 11) is 0. The summed E-state index contributed by atoms with van der Waals surface area (Å²) in [5.41, 5.74) is 0. The second-order valence-electron chi connectivity index (χ2n) is 3.41. The Morgan fingerprint density at radius 1 is 1.44 bits per heavy atom. The van der Waals surface area contributed by atoms with E-state index in [0.29, 0.717) is 6.61 Å². The van der Waals surface area contributed by atoms with E-state index in [1.807, 2.05) is 25.1 Å². The van der Waals surface area contributed by atoms with Crippen LogP contribution in [0.5, 0.6) is 0 Å². The smallest absolute Gasteiger partial charge is 0.198 e. The summed E-state index contributed by atoms with van der Waals surface area (Å²) in [5.74, 6) is 0.750. The molecule has 16 heavy (non-hydrogen) atoms. The molecular weight excluding hydrogens is 224 g/mol. The zero-order valence-corrected chi connectivity index (χ0v) is 9.75. The fraction of sp³-hybridized carbons (Fsp3) is 0.250. The van der Waals surface area contributed by atoms with Gasteiger partial charge in [0.15, 0.2) is 5.78 Å². The Bertz CT molecular complexity index is 456. The quantitative estimate of drug-likeness (QED) is 0.749. The van der Waals surface area contributed by atoms with E-state index in [2.05, 4.69) is 0 Å². The molecule has 0 aliphatic heterocycles. The molecule has 2 aromatic rings. The summed E-state index contributed by atoms with van der Waals surface area (Å²) >= 11 is 1.49. The van der Waals surface area contributed by atoms with Gasteiger partial charge in [0.05, 0.1) is 11.1 Å². The minimum atomic E-state index is 0.0182. The van der Waals surface area contributed by atoms with Crippen LogP contribution >= 0.6 is 11.3 Å². The van der Waals surface area contributed by atoms with Crippen LogP contribution in [-0.4, -0.2) is 12.4 Å². The predicted molar refractivity (Wildman–Crippen MR) is 61.8 cm³/mol. The van der Waals surface area contributed by atoms with Gasteiger partial charge in [0.1, 0.15) is 19.0 Å². The standard InChI is InChI=1S/C12H12O3S/c1-9-4-5-12(16-9)11(13)8-14-7-10-3-2-6-15-10/h2-6H,7-8H2,1H3. The molecule has 0 aromatic carbocycles. The number of ketones is 1. The first-order valence-electron chi connectivity index (χ1n) is 4.95. The third-order valence-corrected chi connectivity index (χ3v) is 3.11. The van der Waals surface area contributed by atoms with E-state index >= 15 is 0 Å². The Morgan fingerprint density at radius 3 is 2.94 bits per heavy atom. The predicted octanol–water partition coefficient (Wildman–Crippen LogP) is 3.05. The zero-order valence-electron chi connectivity index (χ0n) is 8.93. The van der Waals surface area contributed by atoms with Crippen LogP contribution in [0.15, 0.2) is 34.9 Å². The van der Waals surface area contributed by atoms with Crippen molar-refractivity contribution in [3.05, 3.63) is 46.0 Å². The van der Waals surface area contributed by atoms with E-state index in [4.69, 9.17) is 9.15 Å². The van der Waals surface area contributed by atoms with Crippen LogP contribution in [0.3, 0.4) is 0 Å². The minimum Gasteiger partial charge on any atom is -0.467 e. The summed E-state index contributed by atoms with van der Waals surface area (Å²) in [5, 5.41) is 0. The molecule has 0 unspecified atom stereocenters. The molecule has 4 heteroatoms. The Morgan fingerprint density at radius 2 is 2.31 bits per heavy atom. The van der Waals surface area contributed by atoms with E-state index in [-0.39, 0.29) is 12.4 Å². The van der Waals surface area contributed by atoms with Crippen LogP contribution in [0.1, 0.15) is 20.3 Å². The highest BCUT2D eigenvalue weighted by Gasteiger charge is 2.08. The van der Waals surface area contributed by atoms with Crippen molar-refractivity contribution in [2.24, 2.45) is 0 Å². The molecule has 0 saturated heterocycles. The average Bonchev–Trinajstić information content (AvgIpc) is 2.89. The number of hydrogen-bond acceptors (Lipinski definition) is 4. The Hall–Kier alpha value is -1.39. The number of ether oxygens (including phenoxy) is 1. The van der Waals surface area contributed by atoms with Gasteiger partial charge in [0.2, 0.25) is 0 Å². The summed E-state index contributed by atoms with van der Waals surface area (Å²) in [6, 6.07) is 7.38. The summed E-state index contributed by atoms with van der Waals surface area (Å²) < 4.78 is 10.4. The van der Waals surface area contributed by atoms with Gasteiger partial charge in [-0.2, -0.15) is 0 Å². The molecule has 3 nitrogen and oxygen atoms in total. The third kappa shape index (κ3) is 2.81. The van der Waals surface area contributed by atoms with Crippen LogP contribution in [-0.2, 0) is 11.3 Å². The Labute approximate surface area is 97.7 Å². The monoisotopic (exact) mass is 236 g/mol. The van der Waals surface area contributed by atoms with Gasteiger partial charge in [-0.15, -0.1) is 11.3 Å². The molecule has 0 saturated carbocycles. The third-order valence-electron chi connectivity index (χ3n) is 2.07. The molecule has 2 heterocycles. The number of carbonyl (C=O) groups excluding carboxylic acids is 1. The average molecular weight is 236 g/mol. The number of aryl methyl sites for hydroxylation is 1. The topological polar surface area (TPSA) is 39.4 Å². The van der Waals surface area contributed by atoms with Crippen molar-refractivity contribution in [3.63, 3.8) is 0 Å². The maximum atomic E-state index is 11.6. The van der Waals surface area contributed by atoms with Crippen molar-refractivity contribution < 1.29 is 13.9 Å². The number of thiophene rings is 1. The molecule has 2 aromatic heterocycles. The first-order valence-corrected chi connectivity index (χ1v) is 5.77. The molecular formula is C12H12O3S. The highest BCUT2D eigenvalue weighted by atomic mass is 32.1. The lowest BCUT2D eigenvalue weighted by atomic mass is 10.3. The van der Waals surface area contributed by atoms with Gasteiger partial charge in [-0.3, -0.25) is 4.79 Å². The van der Waals surface area contributed by atoms with E-state index in [9.17, 15) is 4.79 Å². The lowest BCUT2D eigenvalue weighted by molar-refractivity contribution is 0.0695. The largest absolute Gasteiger partial charge is 0.467 e. The fourth-order valence-electron chi connectivity index (χ4n) is 1.29. The first kappa shape index (κ1) is 11.1. The van der Waals surface area contributed by atoms with E-state index in [0.717, 1.165) is 15.5 Å². The zero-order chi connectivity index (χ0) is 11.4. The van der Waals surface area contributed by atoms with Crippen LogP contribution < -0.4 is 0 Å². The van der Waals surface area contributed by atoms with Gasteiger partial charge >= 0.3 is 0 Å². The van der Waals surface area contributed by atoms with Crippen molar-refractivity contribution in [1.29, 1.82) is 0 Å². The molecule has 2 rings (SSSR count). The SMILES string of the molecule is Cc1ccc(C(=O)COCc2ccco2)s1. The molecule has 0 amide bonds. The molecule has 84 valence electrons. The van der Waals surface area contributed by atoms with Gasteiger partial charge in [0, 0.05) is 4.88 Å². The first-order chi connectivity index (χ1) is 7.75. The minimum absolute atomic E-state index is 0.0182. The van der Waals surface area contributed by atoms with Gasteiger partial charge in [-0.25, -0.2) is 0 Å². The van der Waals surface area contributed by atoms with Crippen LogP contribution in [0, 0.1) is 6.92 Å². The molecule has 0 bridgehead atoms. The molecule has 0 radical (unpaired) electrons. The maximum Gasteiger partial charge on any atom is 0.198 e. The van der Waals surface area contributed by atoms with E-state index in [1.165, 1.54) is 11.3 Å². The highest BCUT2D eigenvalue weighted by Crippen LogP contribution is 2.15. The fourth-order valence-corrected chi connectivity index (χ4v) is 2.09. The second kappa shape index (κ2) is 5.09. The number of Topliss-reactive ketones (excluding diaryl/α,β-unsaturated/α-hetero) is 1. The molecule has 0 spiro atoms. The van der Waals surface area contributed by atoms with Crippen LogP contribution in [0.2, 0.25) is 0 Å². The van der Waals surface area contributed by atoms with Crippen molar-refractivity contribution in [3.8, 4) is 0 Å². The summed E-state index contributed by atoms with van der Waals surface area (Å²) in [4.78, 5) is 13.5. The van der Waals surface area contributed by atoms with Crippen molar-refractivity contribution in [2.45, 2.75) is 13.5 Å². The van der Waals surface area contributed by atoms with Gasteiger partial charge in [-0.1, -0.05) is 0 Å². The highest BCUT2D eigenvalue weighted by molar-refractivity contribution is 7.14. The summed E-state index contributed by atoms with van der Waals surface area (Å²) in [6.45, 7) is 2.41. The Balaban J connectivity index is 1.80. The number of carbonyl (C=O) groups is 1. The number of hydrogen-bond donors (Lipinski definition) is 0. The molecule has 0 atom stereocenters. The van der Waals surface area contributed by atoms with Crippen molar-refractivity contribution >= 4 is 17.1 Å². The second-order valence-corrected chi connectivity index (χ2v) is 4.69. The Kier molecular flexibility index (Phi) is 3.54. The van der Waals surface area contributed by atoms with E-state index < -0.39 is 0 Å². The molecule has 0 aliphatic rings. The maximum absolute atomic E-state index is 11.6.